The highest BCUT2D eigenvalue weighted by Crippen LogP contribution is 2.21. The zero-order valence-corrected chi connectivity index (χ0v) is 12.2. The van der Waals surface area contributed by atoms with Crippen LogP contribution < -0.4 is 10.1 Å². The zero-order chi connectivity index (χ0) is 14.8. The van der Waals surface area contributed by atoms with Crippen LogP contribution in [0, 0.1) is 0 Å². The molecule has 3 rings (SSSR count). The monoisotopic (exact) mass is 309 g/mol. The predicted molar refractivity (Wildman–Crippen MR) is 77.4 cm³/mol. The zero-order valence-electron chi connectivity index (χ0n) is 11.4. The van der Waals surface area contributed by atoms with Crippen LogP contribution in [0.2, 0.25) is 5.02 Å². The lowest BCUT2D eigenvalue weighted by atomic mass is 10.1. The first kappa shape index (κ1) is 14.0. The number of rotatable bonds is 4. The van der Waals surface area contributed by atoms with Gasteiger partial charge in [-0.05, 0) is 18.2 Å². The van der Waals surface area contributed by atoms with Gasteiger partial charge in [0.25, 0.3) is 0 Å². The number of nitrogens with one attached hydrogen (secondary N) is 1. The minimum atomic E-state index is -0.171. The summed E-state index contributed by atoms with van der Waals surface area (Å²) in [4.78, 5) is 26.6. The second kappa shape index (κ2) is 5.81. The summed E-state index contributed by atoms with van der Waals surface area (Å²) >= 11 is 5.89. The van der Waals surface area contributed by atoms with Crippen molar-refractivity contribution in [3.8, 4) is 5.75 Å². The fraction of sp³-hybridized carbons (Fsp3) is 0.429. The first-order chi connectivity index (χ1) is 10.1. The number of likely N-dealkylation sites (tertiary alicyclic amines) is 1. The average molecular weight is 310 g/mol. The Morgan fingerprint density at radius 2 is 2.24 bits per heavy atom. The predicted octanol–water partition coefficient (Wildman–Crippen LogP) is 0.955. The van der Waals surface area contributed by atoms with Crippen LogP contribution in [0.4, 0.5) is 4.79 Å². The van der Waals surface area contributed by atoms with Crippen LogP contribution in [0.5, 0.6) is 5.75 Å². The van der Waals surface area contributed by atoms with E-state index in [9.17, 15) is 9.59 Å². The number of hydrogen-bond acceptors (Lipinski definition) is 3. The van der Waals surface area contributed by atoms with Crippen LogP contribution in [-0.4, -0.2) is 60.6 Å². The molecule has 3 amide bonds. The molecule has 0 aliphatic carbocycles. The normalized spacial score (nSPS) is 18.4. The van der Waals surface area contributed by atoms with Gasteiger partial charge in [-0.3, -0.25) is 4.79 Å². The molecule has 7 heteroatoms. The van der Waals surface area contributed by atoms with Gasteiger partial charge >= 0.3 is 6.03 Å². The Labute approximate surface area is 127 Å². The van der Waals surface area contributed by atoms with Gasteiger partial charge in [0, 0.05) is 18.1 Å². The van der Waals surface area contributed by atoms with E-state index in [0.717, 1.165) is 0 Å². The maximum atomic E-state index is 12.0. The van der Waals surface area contributed by atoms with E-state index in [1.807, 2.05) is 12.1 Å². The van der Waals surface area contributed by atoms with E-state index in [1.165, 1.54) is 4.90 Å². The molecule has 2 aliphatic heterocycles. The molecule has 0 radical (unpaired) electrons. The maximum Gasteiger partial charge on any atom is 0.317 e. The van der Waals surface area contributed by atoms with Gasteiger partial charge in [-0.2, -0.15) is 0 Å². The minimum absolute atomic E-state index is 0.0141. The highest BCUT2D eigenvalue weighted by atomic mass is 35.5. The molecular weight excluding hydrogens is 294 g/mol. The number of carbonyl (C=O) groups excluding carboxylic acids is 2. The van der Waals surface area contributed by atoms with Gasteiger partial charge < -0.3 is 19.9 Å². The van der Waals surface area contributed by atoms with Gasteiger partial charge in [0.05, 0.1) is 13.1 Å². The van der Waals surface area contributed by atoms with Gasteiger partial charge in [-0.25, -0.2) is 4.79 Å². The number of hydrogen-bond donors (Lipinski definition) is 1. The van der Waals surface area contributed by atoms with Gasteiger partial charge in [-0.15, -0.1) is 0 Å². The van der Waals surface area contributed by atoms with Crippen LogP contribution in [0.15, 0.2) is 24.3 Å². The van der Waals surface area contributed by atoms with E-state index in [-0.39, 0.29) is 24.6 Å². The number of urea groups is 1. The van der Waals surface area contributed by atoms with E-state index in [2.05, 4.69) is 5.32 Å². The lowest BCUT2D eigenvalue weighted by molar-refractivity contribution is -0.140. The molecule has 21 heavy (non-hydrogen) atoms. The van der Waals surface area contributed by atoms with E-state index in [1.54, 1.807) is 17.0 Å². The minimum Gasteiger partial charge on any atom is -0.487 e. The number of nitrogens with zero attached hydrogens (tertiary/aromatic N) is 2. The summed E-state index contributed by atoms with van der Waals surface area (Å²) in [6.07, 6.45) is -0.0141. The second-order valence-corrected chi connectivity index (χ2v) is 5.59. The molecule has 112 valence electrons. The Morgan fingerprint density at radius 3 is 2.90 bits per heavy atom. The quantitative estimate of drug-likeness (QED) is 0.901. The molecule has 1 aromatic rings. The molecule has 2 fully saturated rings. The number of halogens is 1. The third-order valence-electron chi connectivity index (χ3n) is 3.57. The van der Waals surface area contributed by atoms with Crippen molar-refractivity contribution in [3.05, 3.63) is 29.3 Å². The summed E-state index contributed by atoms with van der Waals surface area (Å²) in [6.45, 7) is 2.41. The Bertz CT molecular complexity index is 560. The Hall–Kier alpha value is -1.95. The van der Waals surface area contributed by atoms with Crippen molar-refractivity contribution in [1.29, 1.82) is 0 Å². The third kappa shape index (κ3) is 3.21. The molecule has 0 aromatic heterocycles. The molecule has 0 saturated carbocycles. The summed E-state index contributed by atoms with van der Waals surface area (Å²) in [7, 11) is 0. The molecule has 2 heterocycles. The van der Waals surface area contributed by atoms with Gasteiger partial charge in [0.1, 0.15) is 18.4 Å². The highest BCUT2D eigenvalue weighted by molar-refractivity contribution is 6.30. The molecule has 1 aromatic carbocycles. The average Bonchev–Trinajstić information content (AvgIpc) is 2.79. The van der Waals surface area contributed by atoms with Crippen molar-refractivity contribution in [1.82, 2.24) is 15.1 Å². The van der Waals surface area contributed by atoms with Crippen LogP contribution >= 0.6 is 11.6 Å². The molecule has 1 N–H and O–H groups in total. The fourth-order valence-corrected chi connectivity index (χ4v) is 2.55. The fourth-order valence-electron chi connectivity index (χ4n) is 2.37. The second-order valence-electron chi connectivity index (χ2n) is 5.15. The van der Waals surface area contributed by atoms with Crippen molar-refractivity contribution in [2.45, 2.75) is 6.10 Å². The summed E-state index contributed by atoms with van der Waals surface area (Å²) < 4.78 is 5.73. The first-order valence-corrected chi connectivity index (χ1v) is 7.22. The molecule has 0 atom stereocenters. The van der Waals surface area contributed by atoms with E-state index < -0.39 is 0 Å². The van der Waals surface area contributed by atoms with Gasteiger partial charge in [0.2, 0.25) is 5.91 Å². The van der Waals surface area contributed by atoms with Crippen LogP contribution in [-0.2, 0) is 4.79 Å². The largest absolute Gasteiger partial charge is 0.487 e. The molecular formula is C14H16ClN3O3. The molecule has 0 unspecified atom stereocenters. The van der Waals surface area contributed by atoms with E-state index >= 15 is 0 Å². The SMILES string of the molecule is O=C(CN1CCNC1=O)N1CC(Oc2cccc(Cl)c2)C1. The van der Waals surface area contributed by atoms with Crippen molar-refractivity contribution in [2.24, 2.45) is 0 Å². The third-order valence-corrected chi connectivity index (χ3v) is 3.81. The molecule has 0 spiro atoms. The van der Waals surface area contributed by atoms with Crippen LogP contribution in [0.25, 0.3) is 0 Å². The summed E-state index contributed by atoms with van der Waals surface area (Å²) in [6, 6.07) is 7.03. The smallest absolute Gasteiger partial charge is 0.317 e. The molecule has 6 nitrogen and oxygen atoms in total. The Morgan fingerprint density at radius 1 is 1.43 bits per heavy atom. The summed E-state index contributed by atoms with van der Waals surface area (Å²) in [5.41, 5.74) is 0. The first-order valence-electron chi connectivity index (χ1n) is 6.84. The topological polar surface area (TPSA) is 61.9 Å². The lowest BCUT2D eigenvalue weighted by Gasteiger charge is -2.39. The lowest BCUT2D eigenvalue weighted by Crippen LogP contribution is -2.58. The van der Waals surface area contributed by atoms with Crippen molar-refractivity contribution < 1.29 is 14.3 Å². The van der Waals surface area contributed by atoms with Crippen molar-refractivity contribution in [3.63, 3.8) is 0 Å². The van der Waals surface area contributed by atoms with Crippen LogP contribution in [0.1, 0.15) is 0 Å². The Kier molecular flexibility index (Phi) is 3.88. The van der Waals surface area contributed by atoms with Crippen molar-refractivity contribution in [2.75, 3.05) is 32.7 Å². The maximum absolute atomic E-state index is 12.0. The van der Waals surface area contributed by atoms with E-state index in [0.29, 0.717) is 37.0 Å². The van der Waals surface area contributed by atoms with E-state index in [4.69, 9.17) is 16.3 Å². The number of benzene rings is 1. The van der Waals surface area contributed by atoms with Gasteiger partial charge in [0.15, 0.2) is 0 Å². The van der Waals surface area contributed by atoms with Gasteiger partial charge in [-0.1, -0.05) is 17.7 Å². The van der Waals surface area contributed by atoms with Crippen LogP contribution in [0.3, 0.4) is 0 Å². The number of amides is 3. The molecule has 0 bridgehead atoms. The molecule has 2 aliphatic rings. The number of ether oxygens (including phenoxy) is 1. The highest BCUT2D eigenvalue weighted by Gasteiger charge is 2.34. The molecule has 2 saturated heterocycles. The summed E-state index contributed by atoms with van der Waals surface area (Å²) in [5, 5.41) is 3.30. The number of carbonyl (C=O) groups is 2. The Balaban J connectivity index is 1.45. The summed E-state index contributed by atoms with van der Waals surface area (Å²) in [5.74, 6) is 0.663. The standard InChI is InChI=1S/C14H16ClN3O3/c15-10-2-1-3-11(6-10)21-12-7-18(8-12)13(19)9-17-5-4-16-14(17)20/h1-3,6,12H,4-5,7-9H2,(H,16,20). The van der Waals surface area contributed by atoms with Crippen molar-refractivity contribution >= 4 is 23.5 Å².